The van der Waals surface area contributed by atoms with Crippen LogP contribution in [0.3, 0.4) is 0 Å². The minimum atomic E-state index is -0.462. The van der Waals surface area contributed by atoms with Crippen molar-refractivity contribution in [2.24, 2.45) is 0 Å². The van der Waals surface area contributed by atoms with E-state index in [9.17, 15) is 0 Å². The van der Waals surface area contributed by atoms with Crippen LogP contribution in [0.2, 0.25) is 0 Å². The first-order valence-electron chi connectivity index (χ1n) is 7.26. The molecule has 0 aliphatic carbocycles. The summed E-state index contributed by atoms with van der Waals surface area (Å²) in [6, 6.07) is 5.92. The van der Waals surface area contributed by atoms with E-state index in [1.807, 2.05) is 18.2 Å². The zero-order chi connectivity index (χ0) is 15.5. The van der Waals surface area contributed by atoms with Gasteiger partial charge in [-0.1, -0.05) is 18.2 Å². The molecule has 4 heteroatoms. The zero-order valence-corrected chi connectivity index (χ0v) is 13.1. The first-order valence-corrected chi connectivity index (χ1v) is 7.26. The molecule has 0 fully saturated rings. The van der Waals surface area contributed by atoms with Crippen LogP contribution in [0.4, 0.5) is 0 Å². The summed E-state index contributed by atoms with van der Waals surface area (Å²) in [5, 5.41) is 1.90. The Balaban J connectivity index is 2.21. The van der Waals surface area contributed by atoms with E-state index >= 15 is 0 Å². The van der Waals surface area contributed by atoms with Crippen molar-refractivity contribution in [1.82, 2.24) is 0 Å². The van der Waals surface area contributed by atoms with Crippen LogP contribution in [0, 0.1) is 0 Å². The number of ether oxygens (including phenoxy) is 4. The Morgan fingerprint density at radius 1 is 1.05 bits per heavy atom. The highest BCUT2D eigenvalue weighted by atomic mass is 16.5. The molecule has 2 aromatic carbocycles. The monoisotopic (exact) mass is 298 g/mol. The van der Waals surface area contributed by atoms with E-state index < -0.39 is 5.60 Å². The average Bonchev–Trinajstić information content (AvgIpc) is 3.06. The fraction of sp³-hybridized carbons (Fsp3) is 0.333. The zero-order valence-electron chi connectivity index (χ0n) is 13.1. The van der Waals surface area contributed by atoms with Gasteiger partial charge in [0.15, 0.2) is 0 Å². The third-order valence-corrected chi connectivity index (χ3v) is 4.61. The standard InChI is InChI=1S/C18H18O4/c1-18-9-8-12(22-18)14-15(18)16(20-3)10-6-5-7-11(19-2)13(10)17(14)21-4/h5-9,12H,1-4H3/t12-,18+/m0/s1. The summed E-state index contributed by atoms with van der Waals surface area (Å²) in [5.74, 6) is 2.41. The summed E-state index contributed by atoms with van der Waals surface area (Å²) in [4.78, 5) is 0. The summed E-state index contributed by atoms with van der Waals surface area (Å²) in [5.41, 5.74) is 1.64. The van der Waals surface area contributed by atoms with Gasteiger partial charge in [0.25, 0.3) is 0 Å². The van der Waals surface area contributed by atoms with Crippen LogP contribution >= 0.6 is 0 Å². The Kier molecular flexibility index (Phi) is 2.69. The van der Waals surface area contributed by atoms with E-state index in [4.69, 9.17) is 18.9 Å². The molecule has 2 aliphatic heterocycles. The number of fused-ring (bicyclic) bond motifs is 6. The first kappa shape index (κ1) is 13.5. The Hall–Kier alpha value is -2.20. The maximum Gasteiger partial charge on any atom is 0.137 e. The molecule has 0 amide bonds. The van der Waals surface area contributed by atoms with Gasteiger partial charge in [-0.15, -0.1) is 0 Å². The summed E-state index contributed by atoms with van der Waals surface area (Å²) < 4.78 is 23.2. The lowest BCUT2D eigenvalue weighted by Crippen LogP contribution is -2.16. The third-order valence-electron chi connectivity index (χ3n) is 4.61. The molecule has 2 heterocycles. The van der Waals surface area contributed by atoms with Crippen molar-refractivity contribution in [1.29, 1.82) is 0 Å². The summed E-state index contributed by atoms with van der Waals surface area (Å²) in [6.45, 7) is 2.06. The van der Waals surface area contributed by atoms with Crippen molar-refractivity contribution in [3.8, 4) is 17.2 Å². The lowest BCUT2D eigenvalue weighted by atomic mass is 9.84. The molecular formula is C18H18O4. The molecule has 0 aromatic heterocycles. The number of rotatable bonds is 3. The second-order valence-corrected chi connectivity index (χ2v) is 5.74. The largest absolute Gasteiger partial charge is 0.496 e. The van der Waals surface area contributed by atoms with Crippen molar-refractivity contribution < 1.29 is 18.9 Å². The predicted octanol–water partition coefficient (Wildman–Crippen LogP) is 3.72. The van der Waals surface area contributed by atoms with Crippen molar-refractivity contribution in [2.45, 2.75) is 18.6 Å². The number of hydrogen-bond donors (Lipinski definition) is 0. The van der Waals surface area contributed by atoms with Crippen LogP contribution in [0.1, 0.15) is 24.2 Å². The second kappa shape index (κ2) is 4.40. The quantitative estimate of drug-likeness (QED) is 0.809. The van der Waals surface area contributed by atoms with Crippen molar-refractivity contribution >= 4 is 10.8 Å². The van der Waals surface area contributed by atoms with E-state index in [0.717, 1.165) is 39.1 Å². The lowest BCUT2D eigenvalue weighted by molar-refractivity contribution is 0.0101. The van der Waals surface area contributed by atoms with E-state index in [2.05, 4.69) is 19.1 Å². The fourth-order valence-electron chi connectivity index (χ4n) is 3.73. The summed E-state index contributed by atoms with van der Waals surface area (Å²) in [6.07, 6.45) is 4.07. The van der Waals surface area contributed by atoms with Crippen LogP contribution in [0.15, 0.2) is 30.4 Å². The molecule has 0 saturated heterocycles. The van der Waals surface area contributed by atoms with Gasteiger partial charge >= 0.3 is 0 Å². The van der Waals surface area contributed by atoms with Crippen LogP contribution in [-0.2, 0) is 10.3 Å². The summed E-state index contributed by atoms with van der Waals surface area (Å²) >= 11 is 0. The Morgan fingerprint density at radius 2 is 1.82 bits per heavy atom. The fourth-order valence-corrected chi connectivity index (χ4v) is 3.73. The van der Waals surface area contributed by atoms with Gasteiger partial charge in [0.2, 0.25) is 0 Å². The molecular weight excluding hydrogens is 280 g/mol. The van der Waals surface area contributed by atoms with Crippen molar-refractivity contribution in [3.05, 3.63) is 41.5 Å². The summed E-state index contributed by atoms with van der Waals surface area (Å²) in [7, 11) is 5.05. The van der Waals surface area contributed by atoms with E-state index in [-0.39, 0.29) is 6.10 Å². The molecule has 2 aliphatic rings. The third kappa shape index (κ3) is 1.45. The van der Waals surface area contributed by atoms with Crippen LogP contribution < -0.4 is 14.2 Å². The molecule has 2 bridgehead atoms. The van der Waals surface area contributed by atoms with Crippen molar-refractivity contribution in [2.75, 3.05) is 21.3 Å². The van der Waals surface area contributed by atoms with E-state index in [1.54, 1.807) is 21.3 Å². The smallest absolute Gasteiger partial charge is 0.137 e. The normalized spacial score (nSPS) is 24.6. The molecule has 2 atom stereocenters. The average molecular weight is 298 g/mol. The Morgan fingerprint density at radius 3 is 2.50 bits per heavy atom. The minimum absolute atomic E-state index is 0.0989. The molecule has 2 aromatic rings. The van der Waals surface area contributed by atoms with E-state index in [1.165, 1.54) is 0 Å². The highest BCUT2D eigenvalue weighted by Gasteiger charge is 2.48. The van der Waals surface area contributed by atoms with Gasteiger partial charge in [0, 0.05) is 16.5 Å². The predicted molar refractivity (Wildman–Crippen MR) is 83.9 cm³/mol. The Bertz CT molecular complexity index is 809. The van der Waals surface area contributed by atoms with Gasteiger partial charge in [-0.3, -0.25) is 0 Å². The van der Waals surface area contributed by atoms with Gasteiger partial charge in [0.1, 0.15) is 29.0 Å². The number of methoxy groups -OCH3 is 3. The molecule has 4 nitrogen and oxygen atoms in total. The maximum atomic E-state index is 6.15. The molecule has 0 spiro atoms. The SMILES string of the molecule is COc1c2c(c(OC)c3c(OC)cccc13)[C@@H]1C=C[C@@]2(C)O1. The Labute approximate surface area is 129 Å². The van der Waals surface area contributed by atoms with Crippen LogP contribution in [0.5, 0.6) is 17.2 Å². The molecule has 0 saturated carbocycles. The minimum Gasteiger partial charge on any atom is -0.496 e. The van der Waals surface area contributed by atoms with Crippen LogP contribution in [-0.4, -0.2) is 21.3 Å². The first-order chi connectivity index (χ1) is 10.6. The molecule has 0 unspecified atom stereocenters. The molecule has 4 rings (SSSR count). The lowest BCUT2D eigenvalue weighted by Gasteiger charge is -2.24. The molecule has 22 heavy (non-hydrogen) atoms. The number of hydrogen-bond acceptors (Lipinski definition) is 4. The molecule has 0 N–H and O–H groups in total. The second-order valence-electron chi connectivity index (χ2n) is 5.74. The van der Waals surface area contributed by atoms with Gasteiger partial charge < -0.3 is 18.9 Å². The van der Waals surface area contributed by atoms with Crippen molar-refractivity contribution in [3.63, 3.8) is 0 Å². The van der Waals surface area contributed by atoms with E-state index in [0.29, 0.717) is 0 Å². The molecule has 0 radical (unpaired) electrons. The molecule has 114 valence electrons. The van der Waals surface area contributed by atoms with Gasteiger partial charge in [-0.25, -0.2) is 0 Å². The highest BCUT2D eigenvalue weighted by molar-refractivity contribution is 6.01. The van der Waals surface area contributed by atoms with Gasteiger partial charge in [-0.2, -0.15) is 0 Å². The highest BCUT2D eigenvalue weighted by Crippen LogP contribution is 2.59. The maximum absolute atomic E-state index is 6.15. The van der Waals surface area contributed by atoms with Gasteiger partial charge in [-0.05, 0) is 19.1 Å². The number of benzene rings is 2. The van der Waals surface area contributed by atoms with Crippen LogP contribution in [0.25, 0.3) is 10.8 Å². The topological polar surface area (TPSA) is 36.9 Å². The van der Waals surface area contributed by atoms with Gasteiger partial charge in [0.05, 0.1) is 26.7 Å².